The first-order valence-electron chi connectivity index (χ1n) is 16.9. The summed E-state index contributed by atoms with van der Waals surface area (Å²) in [6.07, 6.45) is 0. The molecule has 260 valence electrons. The van der Waals surface area contributed by atoms with Gasteiger partial charge in [0.05, 0.1) is 51.6 Å². The van der Waals surface area contributed by atoms with Crippen molar-refractivity contribution in [3.8, 4) is 39.7 Å². The number of aromatic nitrogens is 2. The molecule has 0 amide bonds. The Morgan fingerprint density at radius 3 is 1.79 bits per heavy atom. The Kier molecular flexibility index (Phi) is 9.46. The highest BCUT2D eigenvalue weighted by Gasteiger charge is 2.46. The van der Waals surface area contributed by atoms with Gasteiger partial charge in [-0.1, -0.05) is 144 Å². The van der Waals surface area contributed by atoms with Gasteiger partial charge in [-0.05, 0) is 42.5 Å². The molecule has 6 aromatic carbocycles. The Labute approximate surface area is 322 Å². The molecular formula is C44H31Cl3N4O2. The predicted molar refractivity (Wildman–Crippen MR) is 216 cm³/mol. The number of imidazole rings is 1. The van der Waals surface area contributed by atoms with Crippen LogP contribution in [0.2, 0.25) is 15.1 Å². The van der Waals surface area contributed by atoms with Crippen LogP contribution in [0.15, 0.2) is 162 Å². The molecule has 0 aliphatic carbocycles. The van der Waals surface area contributed by atoms with Gasteiger partial charge in [-0.3, -0.25) is 4.57 Å². The predicted octanol–water partition coefficient (Wildman–Crippen LogP) is 11.0. The highest BCUT2D eigenvalue weighted by Crippen LogP contribution is 2.49. The summed E-state index contributed by atoms with van der Waals surface area (Å²) in [7, 11) is 1.57. The summed E-state index contributed by atoms with van der Waals surface area (Å²) < 4.78 is 7.62. The second-order valence-electron chi connectivity index (χ2n) is 12.4. The van der Waals surface area contributed by atoms with Crippen LogP contribution >= 0.6 is 34.8 Å². The number of benzene rings is 6. The zero-order valence-corrected chi connectivity index (χ0v) is 30.7. The van der Waals surface area contributed by atoms with Crippen LogP contribution in [-0.2, 0) is 12.4 Å². The summed E-state index contributed by atoms with van der Waals surface area (Å²) in [6.45, 7) is -0.241. The van der Waals surface area contributed by atoms with Gasteiger partial charge < -0.3 is 9.84 Å². The SMILES string of the molecule is COc1ccc(C2=NC(c3ccccc3Cl)(n3c(-c4ccccc4Cl)nc(-c4ccccc4)c3-c3ccccc3)N=C2c2ccccc2Cl)cc1CO. The lowest BCUT2D eigenvalue weighted by Crippen LogP contribution is -2.31. The monoisotopic (exact) mass is 752 g/mol. The fourth-order valence-corrected chi connectivity index (χ4v) is 7.52. The third kappa shape index (κ3) is 6.14. The minimum Gasteiger partial charge on any atom is -0.496 e. The van der Waals surface area contributed by atoms with Gasteiger partial charge in [-0.25, -0.2) is 15.0 Å². The van der Waals surface area contributed by atoms with E-state index < -0.39 is 5.79 Å². The molecule has 1 aromatic heterocycles. The number of methoxy groups -OCH3 is 1. The standard InChI is InChI=1S/C44H31Cl3N4O2/c1-53-38-25-24-30(26-31(38)27-52)39-41(32-18-8-11-21-35(32)45)50-44(49-39,34-20-10-13-23-37(34)47)51-42(29-16-6-3-7-17-29)40(28-14-4-2-5-15-28)48-43(51)33-19-9-12-22-36(33)46/h2-26,52H,27H2,1H3. The maximum Gasteiger partial charge on any atom is 0.263 e. The van der Waals surface area contributed by atoms with Gasteiger partial charge in [0.2, 0.25) is 0 Å². The Morgan fingerprint density at radius 2 is 1.17 bits per heavy atom. The average molecular weight is 754 g/mol. The lowest BCUT2D eigenvalue weighted by Gasteiger charge is -2.30. The van der Waals surface area contributed by atoms with Crippen LogP contribution in [0.4, 0.5) is 0 Å². The number of aliphatic imine (C=N–C) groups is 2. The third-order valence-electron chi connectivity index (χ3n) is 9.25. The number of aliphatic hydroxyl groups excluding tert-OH is 1. The van der Waals surface area contributed by atoms with Gasteiger partial charge in [0, 0.05) is 38.9 Å². The summed E-state index contributed by atoms with van der Waals surface area (Å²) in [5.41, 5.74) is 7.58. The number of aliphatic hydroxyl groups is 1. The van der Waals surface area contributed by atoms with Crippen LogP contribution in [0.25, 0.3) is 33.9 Å². The molecule has 0 saturated carbocycles. The smallest absolute Gasteiger partial charge is 0.263 e. The van der Waals surface area contributed by atoms with Gasteiger partial charge in [0.25, 0.3) is 5.79 Å². The van der Waals surface area contributed by atoms with E-state index in [0.717, 1.165) is 16.8 Å². The maximum absolute atomic E-state index is 10.4. The minimum absolute atomic E-state index is 0.241. The van der Waals surface area contributed by atoms with Crippen LogP contribution in [0.1, 0.15) is 22.3 Å². The molecule has 0 spiro atoms. The molecule has 0 fully saturated rings. The third-order valence-corrected chi connectivity index (χ3v) is 10.2. The molecule has 9 heteroatoms. The van der Waals surface area contributed by atoms with Gasteiger partial charge in [0.15, 0.2) is 0 Å². The Bertz CT molecular complexity index is 2530. The maximum atomic E-state index is 10.4. The first-order valence-corrected chi connectivity index (χ1v) is 18.0. The van der Waals surface area contributed by atoms with Crippen molar-refractivity contribution < 1.29 is 9.84 Å². The number of hydrogen-bond acceptors (Lipinski definition) is 5. The van der Waals surface area contributed by atoms with E-state index in [4.69, 9.17) is 54.5 Å². The van der Waals surface area contributed by atoms with Gasteiger partial charge >= 0.3 is 0 Å². The van der Waals surface area contributed by atoms with E-state index in [1.54, 1.807) is 7.11 Å². The fraction of sp³-hybridized carbons (Fsp3) is 0.0682. The van der Waals surface area contributed by atoms with Gasteiger partial charge in [0.1, 0.15) is 11.6 Å². The minimum atomic E-state index is -1.58. The molecule has 8 rings (SSSR count). The van der Waals surface area contributed by atoms with Crippen molar-refractivity contribution >= 4 is 46.2 Å². The quantitative estimate of drug-likeness (QED) is 0.160. The Hall–Kier alpha value is -5.50. The van der Waals surface area contributed by atoms with Crippen LogP contribution in [0.5, 0.6) is 5.75 Å². The number of nitrogens with zero attached hydrogens (tertiary/aromatic N) is 4. The molecule has 7 aromatic rings. The van der Waals surface area contributed by atoms with Crippen molar-refractivity contribution in [1.29, 1.82) is 0 Å². The van der Waals surface area contributed by atoms with Crippen molar-refractivity contribution in [3.63, 3.8) is 0 Å². The fourth-order valence-electron chi connectivity index (χ4n) is 6.82. The normalized spacial score (nSPS) is 15.3. The summed E-state index contributed by atoms with van der Waals surface area (Å²) in [5, 5.41) is 11.8. The summed E-state index contributed by atoms with van der Waals surface area (Å²) in [5.74, 6) is -0.495. The molecule has 1 atom stereocenters. The number of ether oxygens (including phenoxy) is 1. The van der Waals surface area contributed by atoms with Crippen LogP contribution in [-0.4, -0.2) is 33.2 Å². The second kappa shape index (κ2) is 14.5. The summed E-state index contributed by atoms with van der Waals surface area (Å²) >= 11 is 21.2. The molecule has 0 bridgehead atoms. The molecule has 2 heterocycles. The highest BCUT2D eigenvalue weighted by molar-refractivity contribution is 6.56. The summed E-state index contributed by atoms with van der Waals surface area (Å²) in [6, 6.07) is 48.4. The van der Waals surface area contributed by atoms with Gasteiger partial charge in [-0.2, -0.15) is 0 Å². The van der Waals surface area contributed by atoms with Crippen LogP contribution in [0.3, 0.4) is 0 Å². The molecular weight excluding hydrogens is 723 g/mol. The van der Waals surface area contributed by atoms with E-state index >= 15 is 0 Å². The molecule has 0 saturated heterocycles. The molecule has 1 aliphatic rings. The first-order chi connectivity index (χ1) is 25.9. The Balaban J connectivity index is 1.58. The topological polar surface area (TPSA) is 72.0 Å². The molecule has 6 nitrogen and oxygen atoms in total. The van der Waals surface area contributed by atoms with Crippen molar-refractivity contribution in [2.45, 2.75) is 12.4 Å². The lowest BCUT2D eigenvalue weighted by molar-refractivity contribution is 0.274. The molecule has 1 unspecified atom stereocenters. The van der Waals surface area contributed by atoms with Crippen molar-refractivity contribution in [3.05, 3.63) is 189 Å². The van der Waals surface area contributed by atoms with Gasteiger partial charge in [-0.15, -0.1) is 0 Å². The number of halogens is 3. The number of rotatable bonds is 9. The lowest BCUT2D eigenvalue weighted by atomic mass is 9.98. The summed E-state index contributed by atoms with van der Waals surface area (Å²) in [4.78, 5) is 16.7. The Morgan fingerprint density at radius 1 is 0.604 bits per heavy atom. The second-order valence-corrected chi connectivity index (χ2v) is 13.6. The van der Waals surface area contributed by atoms with E-state index in [1.807, 2.05) is 156 Å². The molecule has 53 heavy (non-hydrogen) atoms. The van der Waals surface area contributed by atoms with E-state index in [9.17, 15) is 5.11 Å². The average Bonchev–Trinajstić information content (AvgIpc) is 3.80. The van der Waals surface area contributed by atoms with E-state index in [-0.39, 0.29) is 6.61 Å². The van der Waals surface area contributed by atoms with Crippen LogP contribution in [0, 0.1) is 0 Å². The van der Waals surface area contributed by atoms with Crippen molar-refractivity contribution in [2.24, 2.45) is 9.98 Å². The van der Waals surface area contributed by atoms with E-state index in [1.165, 1.54) is 0 Å². The van der Waals surface area contributed by atoms with Crippen LogP contribution < -0.4 is 4.74 Å². The highest BCUT2D eigenvalue weighted by atomic mass is 35.5. The molecule has 0 radical (unpaired) electrons. The molecule has 1 aliphatic heterocycles. The number of hydrogen-bond donors (Lipinski definition) is 1. The first kappa shape index (κ1) is 34.6. The van der Waals surface area contributed by atoms with E-state index in [2.05, 4.69) is 0 Å². The van der Waals surface area contributed by atoms with Crippen molar-refractivity contribution in [1.82, 2.24) is 9.55 Å². The zero-order valence-electron chi connectivity index (χ0n) is 28.4. The zero-order chi connectivity index (χ0) is 36.5. The van der Waals surface area contributed by atoms with E-state index in [0.29, 0.717) is 71.6 Å². The largest absolute Gasteiger partial charge is 0.496 e. The van der Waals surface area contributed by atoms with Crippen molar-refractivity contribution in [2.75, 3.05) is 7.11 Å². The molecule has 1 N–H and O–H groups in total.